The molecule has 3 saturated heterocycles. The Hall–Kier alpha value is -0.243. The maximum atomic E-state index is 10.6. The normalized spacial score (nSPS) is 41.7. The van der Waals surface area contributed by atoms with Gasteiger partial charge in [-0.05, 0) is 32.1 Å². The molecule has 6 heteroatoms. The van der Waals surface area contributed by atoms with E-state index < -0.39 is 25.8 Å². The van der Waals surface area contributed by atoms with Crippen molar-refractivity contribution >= 4 is 8.07 Å². The predicted octanol–water partition coefficient (Wildman–Crippen LogP) is 3.11. The molecule has 3 rings (SSSR count). The van der Waals surface area contributed by atoms with Crippen molar-refractivity contribution in [3.63, 3.8) is 0 Å². The molecule has 0 aromatic carbocycles. The quantitative estimate of drug-likeness (QED) is 0.728. The van der Waals surface area contributed by atoms with Crippen LogP contribution in [-0.2, 0) is 14.2 Å². The molecule has 3 heterocycles. The standard InChI is InChI=1S/C19H34O5Si/c1-14(25(2,3)4)13-16-5-6-17(21)19(23-16)11-10-18(24-19)9-7-15(22-18)8-12-20/h15-17,20-21H,1,5-13H2,2-4H3. The van der Waals surface area contributed by atoms with Gasteiger partial charge in [-0.2, -0.15) is 0 Å². The van der Waals surface area contributed by atoms with Crippen molar-refractivity contribution in [3.8, 4) is 0 Å². The highest BCUT2D eigenvalue weighted by molar-refractivity contribution is 6.82. The van der Waals surface area contributed by atoms with Gasteiger partial charge in [0.1, 0.15) is 6.10 Å². The summed E-state index contributed by atoms with van der Waals surface area (Å²) in [4.78, 5) is 0. The Morgan fingerprint density at radius 1 is 1.08 bits per heavy atom. The van der Waals surface area contributed by atoms with E-state index in [1.54, 1.807) is 0 Å². The Bertz CT molecular complexity index is 505. The summed E-state index contributed by atoms with van der Waals surface area (Å²) in [6.45, 7) is 11.3. The Balaban J connectivity index is 1.65. The molecule has 0 aromatic heterocycles. The van der Waals surface area contributed by atoms with E-state index in [0.29, 0.717) is 19.3 Å². The molecule has 2 N–H and O–H groups in total. The fourth-order valence-corrected chi connectivity index (χ4v) is 5.06. The Labute approximate surface area is 152 Å². The molecular formula is C19H34O5Si. The van der Waals surface area contributed by atoms with Crippen LogP contribution in [0.15, 0.2) is 11.8 Å². The first-order valence-corrected chi connectivity index (χ1v) is 13.2. The molecule has 0 saturated carbocycles. The summed E-state index contributed by atoms with van der Waals surface area (Å²) in [5.41, 5.74) is 0. The maximum absolute atomic E-state index is 10.6. The lowest BCUT2D eigenvalue weighted by atomic mass is 9.94. The predicted molar refractivity (Wildman–Crippen MR) is 98.8 cm³/mol. The molecule has 0 aliphatic carbocycles. The molecule has 3 aliphatic rings. The third kappa shape index (κ3) is 4.04. The fourth-order valence-electron chi connectivity index (χ4n) is 4.22. The lowest BCUT2D eigenvalue weighted by Crippen LogP contribution is -2.53. The van der Waals surface area contributed by atoms with Gasteiger partial charge in [0.2, 0.25) is 0 Å². The fraction of sp³-hybridized carbons (Fsp3) is 0.895. The third-order valence-corrected chi connectivity index (χ3v) is 8.39. The van der Waals surface area contributed by atoms with E-state index in [0.717, 1.165) is 32.1 Å². The summed E-state index contributed by atoms with van der Waals surface area (Å²) in [6, 6.07) is 0. The highest BCUT2D eigenvalue weighted by Crippen LogP contribution is 2.51. The van der Waals surface area contributed by atoms with Crippen LogP contribution in [0.3, 0.4) is 0 Å². The SMILES string of the molecule is C=C(CC1CCC(O)C2(CCC3(CCC(CCO)O3)O2)O1)[Si](C)(C)C. The van der Waals surface area contributed by atoms with Gasteiger partial charge in [0.05, 0.1) is 20.3 Å². The first-order chi connectivity index (χ1) is 11.7. The zero-order valence-corrected chi connectivity index (χ0v) is 16.9. The number of hydrogen-bond acceptors (Lipinski definition) is 5. The van der Waals surface area contributed by atoms with Crippen molar-refractivity contribution in [2.45, 2.75) is 101 Å². The molecule has 144 valence electrons. The summed E-state index contributed by atoms with van der Waals surface area (Å²) in [7, 11) is -1.39. The van der Waals surface area contributed by atoms with E-state index in [-0.39, 0.29) is 18.8 Å². The minimum atomic E-state index is -1.39. The Kier molecular flexibility index (Phi) is 5.51. The van der Waals surface area contributed by atoms with Crippen LogP contribution in [0.1, 0.15) is 51.4 Å². The monoisotopic (exact) mass is 370 g/mol. The topological polar surface area (TPSA) is 68.2 Å². The van der Waals surface area contributed by atoms with Crippen molar-refractivity contribution in [1.82, 2.24) is 0 Å². The van der Waals surface area contributed by atoms with Gasteiger partial charge in [0.15, 0.2) is 11.6 Å². The number of hydrogen-bond donors (Lipinski definition) is 2. The van der Waals surface area contributed by atoms with Crippen LogP contribution in [0.25, 0.3) is 0 Å². The van der Waals surface area contributed by atoms with Crippen molar-refractivity contribution in [2.75, 3.05) is 6.61 Å². The van der Waals surface area contributed by atoms with Gasteiger partial charge in [-0.3, -0.25) is 0 Å². The van der Waals surface area contributed by atoms with Crippen LogP contribution in [-0.4, -0.2) is 54.8 Å². The second-order valence-electron chi connectivity index (χ2n) is 9.01. The van der Waals surface area contributed by atoms with Gasteiger partial charge in [0, 0.05) is 25.9 Å². The van der Waals surface area contributed by atoms with Gasteiger partial charge in [-0.25, -0.2) is 0 Å². The molecule has 0 radical (unpaired) electrons. The van der Waals surface area contributed by atoms with Crippen molar-refractivity contribution in [1.29, 1.82) is 0 Å². The molecule has 5 nitrogen and oxygen atoms in total. The average Bonchev–Trinajstić information content (AvgIpc) is 3.08. The molecule has 5 atom stereocenters. The number of rotatable bonds is 5. The van der Waals surface area contributed by atoms with E-state index in [9.17, 15) is 5.11 Å². The second-order valence-corrected chi connectivity index (χ2v) is 14.2. The van der Waals surface area contributed by atoms with Crippen molar-refractivity contribution in [2.24, 2.45) is 0 Å². The lowest BCUT2D eigenvalue weighted by Gasteiger charge is -2.43. The van der Waals surface area contributed by atoms with E-state index in [4.69, 9.17) is 19.3 Å². The van der Waals surface area contributed by atoms with Crippen LogP contribution < -0.4 is 0 Å². The highest BCUT2D eigenvalue weighted by atomic mass is 28.3. The summed E-state index contributed by atoms with van der Waals surface area (Å²) in [5, 5.41) is 21.1. The smallest absolute Gasteiger partial charge is 0.198 e. The number of aliphatic hydroxyl groups is 2. The van der Waals surface area contributed by atoms with Gasteiger partial charge < -0.3 is 24.4 Å². The number of aliphatic hydroxyl groups excluding tert-OH is 2. The Morgan fingerprint density at radius 3 is 2.52 bits per heavy atom. The highest BCUT2D eigenvalue weighted by Gasteiger charge is 2.59. The summed E-state index contributed by atoms with van der Waals surface area (Å²) in [6.07, 6.45) is 5.64. The third-order valence-electron chi connectivity index (χ3n) is 6.06. The summed E-state index contributed by atoms with van der Waals surface area (Å²) in [5.74, 6) is -1.57. The van der Waals surface area contributed by atoms with E-state index >= 15 is 0 Å². The molecule has 0 amide bonds. The van der Waals surface area contributed by atoms with E-state index in [1.807, 2.05) is 0 Å². The van der Waals surface area contributed by atoms with Gasteiger partial charge in [0.25, 0.3) is 0 Å². The van der Waals surface area contributed by atoms with E-state index in [2.05, 4.69) is 26.2 Å². The lowest BCUT2D eigenvalue weighted by molar-refractivity contribution is -0.363. The molecule has 2 spiro atoms. The second kappa shape index (κ2) is 7.06. The summed E-state index contributed by atoms with van der Waals surface area (Å²) < 4.78 is 18.8. The van der Waals surface area contributed by atoms with Gasteiger partial charge >= 0.3 is 0 Å². The number of ether oxygens (including phenoxy) is 3. The van der Waals surface area contributed by atoms with Gasteiger partial charge in [-0.15, -0.1) is 6.58 Å². The minimum Gasteiger partial charge on any atom is -0.396 e. The van der Waals surface area contributed by atoms with Crippen LogP contribution >= 0.6 is 0 Å². The van der Waals surface area contributed by atoms with Crippen molar-refractivity contribution < 1.29 is 24.4 Å². The van der Waals surface area contributed by atoms with Crippen LogP contribution in [0.2, 0.25) is 19.6 Å². The van der Waals surface area contributed by atoms with Gasteiger partial charge in [-0.1, -0.05) is 24.8 Å². The molecular weight excluding hydrogens is 336 g/mol. The first-order valence-electron chi connectivity index (χ1n) is 9.71. The first kappa shape index (κ1) is 19.5. The molecule has 3 fully saturated rings. The van der Waals surface area contributed by atoms with Crippen molar-refractivity contribution in [3.05, 3.63) is 11.8 Å². The zero-order valence-electron chi connectivity index (χ0n) is 15.9. The van der Waals surface area contributed by atoms with Crippen LogP contribution in [0.4, 0.5) is 0 Å². The molecule has 0 aromatic rings. The minimum absolute atomic E-state index is 0.0448. The van der Waals surface area contributed by atoms with E-state index in [1.165, 1.54) is 5.20 Å². The molecule has 3 aliphatic heterocycles. The van der Waals surface area contributed by atoms with Crippen LogP contribution in [0, 0.1) is 0 Å². The largest absolute Gasteiger partial charge is 0.396 e. The zero-order chi connectivity index (χ0) is 18.3. The maximum Gasteiger partial charge on any atom is 0.198 e. The van der Waals surface area contributed by atoms with Crippen LogP contribution in [0.5, 0.6) is 0 Å². The molecule has 0 bridgehead atoms. The Morgan fingerprint density at radius 2 is 1.84 bits per heavy atom. The molecule has 25 heavy (non-hydrogen) atoms. The average molecular weight is 371 g/mol. The molecule has 5 unspecified atom stereocenters. The summed E-state index contributed by atoms with van der Waals surface area (Å²) >= 11 is 0.